The molecule has 1 aliphatic heterocycles. The number of anilines is 2. The van der Waals surface area contributed by atoms with Crippen molar-refractivity contribution in [2.24, 2.45) is 0 Å². The van der Waals surface area contributed by atoms with Crippen molar-refractivity contribution in [1.82, 2.24) is 19.6 Å². The molecule has 0 radical (unpaired) electrons. The molecule has 0 aliphatic carbocycles. The highest BCUT2D eigenvalue weighted by molar-refractivity contribution is 5.65. The Bertz CT molecular complexity index is 822. The Kier molecular flexibility index (Phi) is 2.57. The number of hydrogen-bond donors (Lipinski definition) is 1. The minimum absolute atomic E-state index is 0.805. The number of aryl methyl sites for hydroxylation is 1. The molecule has 0 saturated carbocycles. The van der Waals surface area contributed by atoms with Gasteiger partial charge in [0.05, 0.1) is 0 Å². The van der Waals surface area contributed by atoms with Crippen molar-refractivity contribution in [3.8, 4) is 0 Å². The summed E-state index contributed by atoms with van der Waals surface area (Å²) in [7, 11) is 0. The van der Waals surface area contributed by atoms with Gasteiger partial charge in [-0.05, 0) is 36.6 Å². The van der Waals surface area contributed by atoms with E-state index in [2.05, 4.69) is 32.2 Å². The molecule has 106 valence electrons. The van der Waals surface area contributed by atoms with Gasteiger partial charge in [-0.1, -0.05) is 6.07 Å². The number of hydrogen-bond acceptors (Lipinski definition) is 5. The molecule has 2 N–H and O–H groups in total. The smallest absolute Gasteiger partial charge is 0.203 e. The van der Waals surface area contributed by atoms with Crippen molar-refractivity contribution in [3.63, 3.8) is 0 Å². The Labute approximate surface area is 122 Å². The van der Waals surface area contributed by atoms with Crippen LogP contribution in [0.3, 0.4) is 0 Å². The number of benzene rings is 1. The van der Waals surface area contributed by atoms with Crippen LogP contribution in [0.2, 0.25) is 0 Å². The lowest BCUT2D eigenvalue weighted by Crippen LogP contribution is -2.31. The molecule has 6 nitrogen and oxygen atoms in total. The van der Waals surface area contributed by atoms with Crippen LogP contribution in [0.15, 0.2) is 30.6 Å². The Balaban J connectivity index is 1.77. The molecule has 4 rings (SSSR count). The van der Waals surface area contributed by atoms with E-state index in [1.54, 1.807) is 6.20 Å². The number of rotatable bonds is 1. The third kappa shape index (κ3) is 1.91. The maximum atomic E-state index is 5.90. The van der Waals surface area contributed by atoms with Gasteiger partial charge in [0, 0.05) is 31.2 Å². The summed E-state index contributed by atoms with van der Waals surface area (Å²) in [4.78, 5) is 6.75. The van der Waals surface area contributed by atoms with E-state index in [-0.39, 0.29) is 0 Å². The molecular weight excluding hydrogens is 264 g/mol. The molecule has 21 heavy (non-hydrogen) atoms. The van der Waals surface area contributed by atoms with E-state index >= 15 is 0 Å². The van der Waals surface area contributed by atoms with Gasteiger partial charge < -0.3 is 10.6 Å². The second-order valence-corrected chi connectivity index (χ2v) is 5.39. The van der Waals surface area contributed by atoms with Gasteiger partial charge in [0.25, 0.3) is 0 Å². The summed E-state index contributed by atoms with van der Waals surface area (Å²) in [5, 5.41) is 8.39. The summed E-state index contributed by atoms with van der Waals surface area (Å²) in [6, 6.07) is 6.14. The Morgan fingerprint density at radius 2 is 2.10 bits per heavy atom. The van der Waals surface area contributed by atoms with E-state index < -0.39 is 0 Å². The van der Waals surface area contributed by atoms with Crippen molar-refractivity contribution in [2.45, 2.75) is 19.9 Å². The molecule has 1 aromatic carbocycles. The molecule has 2 aromatic heterocycles. The van der Waals surface area contributed by atoms with Crippen LogP contribution in [0.1, 0.15) is 17.0 Å². The first-order chi connectivity index (χ1) is 10.2. The fraction of sp³-hybridized carbons (Fsp3) is 0.267. The van der Waals surface area contributed by atoms with Gasteiger partial charge in [-0.3, -0.25) is 4.40 Å². The predicted molar refractivity (Wildman–Crippen MR) is 81.1 cm³/mol. The Morgan fingerprint density at radius 1 is 1.19 bits per heavy atom. The molecule has 0 unspecified atom stereocenters. The van der Waals surface area contributed by atoms with Gasteiger partial charge in [0.15, 0.2) is 5.82 Å². The molecule has 0 bridgehead atoms. The Hall–Kier alpha value is -2.63. The second-order valence-electron chi connectivity index (χ2n) is 5.39. The van der Waals surface area contributed by atoms with E-state index in [4.69, 9.17) is 5.73 Å². The highest BCUT2D eigenvalue weighted by Crippen LogP contribution is 2.26. The molecule has 0 saturated heterocycles. The SMILES string of the molecule is Cc1nnc2c(N3CCc4ccc(N)cc4C3)nccn12. The Morgan fingerprint density at radius 3 is 3.00 bits per heavy atom. The number of fused-ring (bicyclic) bond motifs is 2. The zero-order valence-electron chi connectivity index (χ0n) is 11.8. The zero-order valence-corrected chi connectivity index (χ0v) is 11.8. The lowest BCUT2D eigenvalue weighted by Gasteiger charge is -2.29. The average molecular weight is 280 g/mol. The lowest BCUT2D eigenvalue weighted by molar-refractivity contribution is 0.720. The van der Waals surface area contributed by atoms with Crippen LogP contribution in [-0.2, 0) is 13.0 Å². The molecule has 3 heterocycles. The third-order valence-electron chi connectivity index (χ3n) is 4.02. The van der Waals surface area contributed by atoms with Crippen molar-refractivity contribution in [2.75, 3.05) is 17.2 Å². The molecule has 0 amide bonds. The summed E-state index contributed by atoms with van der Waals surface area (Å²) in [6.07, 6.45) is 4.68. The first kappa shape index (κ1) is 12.1. The summed E-state index contributed by atoms with van der Waals surface area (Å²) < 4.78 is 1.97. The number of nitrogens with zero attached hydrogens (tertiary/aromatic N) is 5. The minimum Gasteiger partial charge on any atom is -0.399 e. The third-order valence-corrected chi connectivity index (χ3v) is 4.02. The maximum absolute atomic E-state index is 5.90. The van der Waals surface area contributed by atoms with Gasteiger partial charge in [-0.25, -0.2) is 4.98 Å². The number of aromatic nitrogens is 4. The minimum atomic E-state index is 0.805. The second kappa shape index (κ2) is 4.44. The fourth-order valence-corrected chi connectivity index (χ4v) is 2.91. The van der Waals surface area contributed by atoms with Crippen LogP contribution in [0.25, 0.3) is 5.65 Å². The normalized spacial score (nSPS) is 14.4. The molecule has 6 heteroatoms. The predicted octanol–water partition coefficient (Wildman–Crippen LogP) is 1.58. The number of nitrogen functional groups attached to an aromatic ring is 1. The highest BCUT2D eigenvalue weighted by atomic mass is 15.3. The van der Waals surface area contributed by atoms with Gasteiger partial charge in [0.2, 0.25) is 5.65 Å². The van der Waals surface area contributed by atoms with Crippen LogP contribution in [0.4, 0.5) is 11.5 Å². The molecule has 0 fully saturated rings. The van der Waals surface area contributed by atoms with Crippen molar-refractivity contribution < 1.29 is 0 Å². The van der Waals surface area contributed by atoms with Crippen LogP contribution in [0, 0.1) is 6.92 Å². The monoisotopic (exact) mass is 280 g/mol. The van der Waals surface area contributed by atoms with Gasteiger partial charge >= 0.3 is 0 Å². The summed E-state index contributed by atoms with van der Waals surface area (Å²) >= 11 is 0. The van der Waals surface area contributed by atoms with E-state index in [1.165, 1.54) is 11.1 Å². The largest absolute Gasteiger partial charge is 0.399 e. The molecule has 3 aromatic rings. The van der Waals surface area contributed by atoms with Crippen molar-refractivity contribution >= 4 is 17.2 Å². The van der Waals surface area contributed by atoms with Gasteiger partial charge in [-0.15, -0.1) is 10.2 Å². The quantitative estimate of drug-likeness (QED) is 0.685. The summed E-state index contributed by atoms with van der Waals surface area (Å²) in [6.45, 7) is 3.67. The molecule has 0 spiro atoms. The molecular formula is C15H16N6. The highest BCUT2D eigenvalue weighted by Gasteiger charge is 2.20. The van der Waals surface area contributed by atoms with E-state index in [1.807, 2.05) is 23.6 Å². The average Bonchev–Trinajstić information content (AvgIpc) is 2.88. The maximum Gasteiger partial charge on any atom is 0.203 e. The summed E-state index contributed by atoms with van der Waals surface area (Å²) in [5.74, 6) is 1.75. The topological polar surface area (TPSA) is 72.3 Å². The van der Waals surface area contributed by atoms with Gasteiger partial charge in [-0.2, -0.15) is 0 Å². The van der Waals surface area contributed by atoms with Crippen LogP contribution in [-0.4, -0.2) is 26.1 Å². The van der Waals surface area contributed by atoms with Crippen LogP contribution >= 0.6 is 0 Å². The first-order valence-electron chi connectivity index (χ1n) is 7.01. The lowest BCUT2D eigenvalue weighted by atomic mass is 9.99. The van der Waals surface area contributed by atoms with Crippen molar-refractivity contribution in [1.29, 1.82) is 0 Å². The summed E-state index contributed by atoms with van der Waals surface area (Å²) in [5.41, 5.74) is 10.1. The van der Waals surface area contributed by atoms with E-state index in [0.717, 1.165) is 42.5 Å². The standard InChI is InChI=1S/C15H16N6/c1-10-18-19-15-14(17-5-7-21(10)15)20-6-4-11-2-3-13(16)8-12(11)9-20/h2-3,5,7-8H,4,6,9,16H2,1H3. The van der Waals surface area contributed by atoms with Gasteiger partial charge in [0.1, 0.15) is 5.82 Å². The van der Waals surface area contributed by atoms with Crippen LogP contribution in [0.5, 0.6) is 0 Å². The fourth-order valence-electron chi connectivity index (χ4n) is 2.91. The van der Waals surface area contributed by atoms with E-state index in [9.17, 15) is 0 Å². The van der Waals surface area contributed by atoms with E-state index in [0.29, 0.717) is 0 Å². The van der Waals surface area contributed by atoms with Crippen molar-refractivity contribution in [3.05, 3.63) is 47.5 Å². The first-order valence-corrected chi connectivity index (χ1v) is 7.01. The van der Waals surface area contributed by atoms with Crippen LogP contribution < -0.4 is 10.6 Å². The molecule has 1 aliphatic rings. The molecule has 0 atom stereocenters. The number of nitrogens with two attached hydrogens (primary N) is 1. The zero-order chi connectivity index (χ0) is 14.4.